The normalized spacial score (nSPS) is 11.6. The highest BCUT2D eigenvalue weighted by atomic mass is 19.1. The second-order valence-corrected chi connectivity index (χ2v) is 8.88. The van der Waals surface area contributed by atoms with E-state index in [1.54, 1.807) is 31.0 Å². The molecule has 0 aliphatic carbocycles. The molecule has 5 heterocycles. The van der Waals surface area contributed by atoms with Crippen LogP contribution < -0.4 is 5.32 Å². The number of nitrogens with zero attached hydrogens (tertiary/aromatic N) is 7. The highest BCUT2D eigenvalue weighted by Gasteiger charge is 2.17. The molecule has 184 valence electrons. The molecule has 0 saturated carbocycles. The summed E-state index contributed by atoms with van der Waals surface area (Å²) in [5, 5.41) is 11.6. The van der Waals surface area contributed by atoms with Crippen LogP contribution in [0, 0.1) is 5.82 Å². The van der Waals surface area contributed by atoms with Crippen LogP contribution in [0.5, 0.6) is 0 Å². The number of aromatic nitrogens is 8. The van der Waals surface area contributed by atoms with E-state index in [9.17, 15) is 4.39 Å². The van der Waals surface area contributed by atoms with Crippen molar-refractivity contribution in [3.63, 3.8) is 0 Å². The average Bonchev–Trinajstić information content (AvgIpc) is 3.52. The third-order valence-electron chi connectivity index (χ3n) is 5.96. The van der Waals surface area contributed by atoms with Gasteiger partial charge >= 0.3 is 0 Å². The Kier molecular flexibility index (Phi) is 5.73. The van der Waals surface area contributed by atoms with Gasteiger partial charge in [0.25, 0.3) is 0 Å². The number of fused-ring (bicyclic) bond motifs is 2. The molecule has 0 atom stereocenters. The quantitative estimate of drug-likeness (QED) is 0.303. The van der Waals surface area contributed by atoms with E-state index in [1.165, 1.54) is 12.1 Å². The predicted molar refractivity (Wildman–Crippen MR) is 140 cm³/mol. The first kappa shape index (κ1) is 22.7. The van der Waals surface area contributed by atoms with Crippen molar-refractivity contribution in [2.45, 2.75) is 0 Å². The summed E-state index contributed by atoms with van der Waals surface area (Å²) in [6.45, 7) is 1.52. The lowest BCUT2D eigenvalue weighted by molar-refractivity contribution is 0.425. The second kappa shape index (κ2) is 9.36. The van der Waals surface area contributed by atoms with Gasteiger partial charge in [0.05, 0.1) is 34.8 Å². The summed E-state index contributed by atoms with van der Waals surface area (Å²) < 4.78 is 14.5. The highest BCUT2D eigenvalue weighted by molar-refractivity contribution is 5.96. The Morgan fingerprint density at radius 1 is 0.919 bits per heavy atom. The number of H-pyrrole nitrogens is 2. The van der Waals surface area contributed by atoms with Crippen LogP contribution >= 0.6 is 0 Å². The van der Waals surface area contributed by atoms with Gasteiger partial charge in [0.2, 0.25) is 0 Å². The number of nitrogens with one attached hydrogen (secondary N) is 3. The van der Waals surface area contributed by atoms with E-state index in [0.717, 1.165) is 23.0 Å². The zero-order valence-corrected chi connectivity index (χ0v) is 20.2. The van der Waals surface area contributed by atoms with Crippen LogP contribution in [0.4, 0.5) is 10.1 Å². The number of anilines is 1. The second-order valence-electron chi connectivity index (χ2n) is 8.88. The van der Waals surface area contributed by atoms with Crippen molar-refractivity contribution in [1.29, 1.82) is 0 Å². The minimum atomic E-state index is -0.346. The molecular formula is C26H23FN10. The van der Waals surface area contributed by atoms with Crippen molar-refractivity contribution in [2.24, 2.45) is 0 Å². The average molecular weight is 495 g/mol. The molecule has 0 radical (unpaired) electrons. The standard InChI is InChI=1S/C26H23FN10/c1-37(2)8-7-29-17-10-15(9-16(27)11-17)23-25-19(3-4-31-23)33-26(34-25)24-18-12-20(22-13-28-5-6-30-22)32-14-21(18)35-36-24/h3-6,9-14,29H,7-8H2,1-2H3,(H,33,34)(H,35,36). The van der Waals surface area contributed by atoms with Crippen LogP contribution in [0.25, 0.3) is 56.1 Å². The lowest BCUT2D eigenvalue weighted by Crippen LogP contribution is -2.20. The molecule has 37 heavy (non-hydrogen) atoms. The Morgan fingerprint density at radius 3 is 2.68 bits per heavy atom. The fourth-order valence-corrected chi connectivity index (χ4v) is 4.18. The summed E-state index contributed by atoms with van der Waals surface area (Å²) in [6.07, 6.45) is 8.30. The number of imidazole rings is 1. The number of aromatic amines is 2. The van der Waals surface area contributed by atoms with E-state index in [4.69, 9.17) is 4.98 Å². The fraction of sp³-hybridized carbons (Fsp3) is 0.154. The van der Waals surface area contributed by atoms with Gasteiger partial charge in [0, 0.05) is 48.3 Å². The van der Waals surface area contributed by atoms with Crippen molar-refractivity contribution in [3.8, 4) is 34.2 Å². The number of hydrogen-bond acceptors (Lipinski definition) is 8. The van der Waals surface area contributed by atoms with Crippen LogP contribution in [-0.4, -0.2) is 72.2 Å². The lowest BCUT2D eigenvalue weighted by atomic mass is 10.1. The molecule has 0 bridgehead atoms. The van der Waals surface area contributed by atoms with E-state index in [1.807, 2.05) is 32.3 Å². The Morgan fingerprint density at radius 2 is 1.84 bits per heavy atom. The number of likely N-dealkylation sites (N-methyl/N-ethyl adjacent to an activating group) is 1. The van der Waals surface area contributed by atoms with E-state index in [2.05, 4.69) is 45.3 Å². The smallest absolute Gasteiger partial charge is 0.159 e. The molecule has 0 spiro atoms. The first-order valence-corrected chi connectivity index (χ1v) is 11.7. The third-order valence-corrected chi connectivity index (χ3v) is 5.96. The zero-order chi connectivity index (χ0) is 25.4. The van der Waals surface area contributed by atoms with E-state index in [-0.39, 0.29) is 5.82 Å². The molecular weight excluding hydrogens is 471 g/mol. The third kappa shape index (κ3) is 4.47. The predicted octanol–water partition coefficient (Wildman–Crippen LogP) is 4.13. The maximum Gasteiger partial charge on any atom is 0.159 e. The van der Waals surface area contributed by atoms with E-state index >= 15 is 0 Å². The van der Waals surface area contributed by atoms with Gasteiger partial charge in [0.1, 0.15) is 22.7 Å². The van der Waals surface area contributed by atoms with Crippen LogP contribution in [-0.2, 0) is 0 Å². The van der Waals surface area contributed by atoms with Gasteiger partial charge in [-0.3, -0.25) is 25.0 Å². The molecule has 0 unspecified atom stereocenters. The zero-order valence-electron chi connectivity index (χ0n) is 20.2. The molecule has 0 aliphatic rings. The summed E-state index contributed by atoms with van der Waals surface area (Å²) in [5.41, 5.74) is 6.04. The van der Waals surface area contributed by atoms with Gasteiger partial charge in [-0.2, -0.15) is 5.10 Å². The first-order chi connectivity index (χ1) is 18.0. The van der Waals surface area contributed by atoms with Crippen LogP contribution in [0.1, 0.15) is 0 Å². The van der Waals surface area contributed by atoms with Crippen molar-refractivity contribution in [2.75, 3.05) is 32.5 Å². The van der Waals surface area contributed by atoms with Crippen molar-refractivity contribution in [1.82, 2.24) is 45.0 Å². The fourth-order valence-electron chi connectivity index (χ4n) is 4.18. The summed E-state index contributed by atoms with van der Waals surface area (Å²) in [5.74, 6) is 0.217. The Balaban J connectivity index is 1.41. The number of pyridine rings is 2. The summed E-state index contributed by atoms with van der Waals surface area (Å²) in [7, 11) is 3.99. The van der Waals surface area contributed by atoms with Crippen molar-refractivity contribution < 1.29 is 4.39 Å². The van der Waals surface area contributed by atoms with Gasteiger partial charge in [-0.25, -0.2) is 9.37 Å². The van der Waals surface area contributed by atoms with Gasteiger partial charge < -0.3 is 15.2 Å². The number of rotatable bonds is 7. The Bertz CT molecular complexity index is 1710. The minimum absolute atomic E-state index is 0.346. The molecule has 0 aliphatic heterocycles. The topological polar surface area (TPSA) is 124 Å². The molecule has 1 aromatic carbocycles. The maximum atomic E-state index is 14.5. The van der Waals surface area contributed by atoms with Gasteiger partial charge in [-0.05, 0) is 44.4 Å². The van der Waals surface area contributed by atoms with E-state index < -0.39 is 0 Å². The van der Waals surface area contributed by atoms with Gasteiger partial charge in [-0.15, -0.1) is 0 Å². The lowest BCUT2D eigenvalue weighted by Gasteiger charge is -2.12. The minimum Gasteiger partial charge on any atom is -0.384 e. The summed E-state index contributed by atoms with van der Waals surface area (Å²) in [6, 6.07) is 8.58. The summed E-state index contributed by atoms with van der Waals surface area (Å²) >= 11 is 0. The highest BCUT2D eigenvalue weighted by Crippen LogP contribution is 2.32. The van der Waals surface area contributed by atoms with Crippen LogP contribution in [0.15, 0.2) is 61.3 Å². The largest absolute Gasteiger partial charge is 0.384 e. The number of hydrogen-bond donors (Lipinski definition) is 3. The Labute approximate surface area is 211 Å². The molecule has 10 nitrogen and oxygen atoms in total. The molecule has 3 N–H and O–H groups in total. The van der Waals surface area contributed by atoms with Crippen LogP contribution in [0.2, 0.25) is 0 Å². The van der Waals surface area contributed by atoms with E-state index in [0.29, 0.717) is 51.9 Å². The first-order valence-electron chi connectivity index (χ1n) is 11.7. The van der Waals surface area contributed by atoms with Gasteiger partial charge in [0.15, 0.2) is 5.82 Å². The number of halogens is 1. The number of benzene rings is 1. The molecule has 6 rings (SSSR count). The summed E-state index contributed by atoms with van der Waals surface area (Å²) in [4.78, 5) is 27.7. The van der Waals surface area contributed by atoms with Crippen LogP contribution in [0.3, 0.4) is 0 Å². The van der Waals surface area contributed by atoms with Gasteiger partial charge in [-0.1, -0.05) is 0 Å². The van der Waals surface area contributed by atoms with Crippen molar-refractivity contribution in [3.05, 3.63) is 67.1 Å². The monoisotopic (exact) mass is 494 g/mol. The molecule has 11 heteroatoms. The molecule has 5 aromatic heterocycles. The van der Waals surface area contributed by atoms with Crippen molar-refractivity contribution >= 4 is 27.6 Å². The molecule has 0 saturated heterocycles. The molecule has 0 amide bonds. The molecule has 6 aromatic rings. The SMILES string of the molecule is CN(C)CCNc1cc(F)cc(-c2nccc3[nH]c(-c4n[nH]c5cnc(-c6cnccn6)cc45)nc23)c1. The Hall–Kier alpha value is -4.77. The molecule has 0 fully saturated rings. The maximum absolute atomic E-state index is 14.5.